The van der Waals surface area contributed by atoms with Crippen molar-refractivity contribution in [2.45, 2.75) is 31.8 Å². The van der Waals surface area contributed by atoms with Crippen LogP contribution in [0.2, 0.25) is 0 Å². The smallest absolute Gasteiger partial charge is 0.232 e. The number of carbonyl (C=O) groups is 1. The number of rotatable bonds is 3. The molecule has 1 heterocycles. The van der Waals surface area contributed by atoms with Gasteiger partial charge >= 0.3 is 0 Å². The van der Waals surface area contributed by atoms with E-state index >= 15 is 0 Å². The van der Waals surface area contributed by atoms with E-state index in [0.717, 1.165) is 24.1 Å². The average Bonchev–Trinajstić information content (AvgIpc) is 3.07. The molecule has 3 heteroatoms. The SMILES string of the molecule is Cc1ccc2c(c1)C[C@H](CNC(=O)C1c3ccccc3-c3ccccc31)N(C)C2. The summed E-state index contributed by atoms with van der Waals surface area (Å²) in [5.74, 6) is -0.114. The monoisotopic (exact) mass is 382 g/mol. The molecule has 0 aromatic heterocycles. The van der Waals surface area contributed by atoms with Crippen molar-refractivity contribution in [1.82, 2.24) is 10.2 Å². The van der Waals surface area contributed by atoms with Crippen molar-refractivity contribution in [3.8, 4) is 11.1 Å². The zero-order valence-corrected chi connectivity index (χ0v) is 17.0. The van der Waals surface area contributed by atoms with Gasteiger partial charge in [-0.05, 0) is 53.8 Å². The largest absolute Gasteiger partial charge is 0.354 e. The lowest BCUT2D eigenvalue weighted by molar-refractivity contribution is -0.121. The van der Waals surface area contributed by atoms with E-state index in [4.69, 9.17) is 0 Å². The molecule has 0 unspecified atom stereocenters. The maximum atomic E-state index is 13.3. The standard InChI is InChI=1S/C26H26N2O/c1-17-11-12-18-16-28(2)20(14-19(18)13-17)15-27-26(29)25-23-9-5-3-7-21(23)22-8-4-6-10-24(22)25/h3-13,20,25H,14-16H2,1-2H3,(H,27,29)/t20-/m1/s1. The van der Waals surface area contributed by atoms with E-state index in [1.165, 1.54) is 27.8 Å². The maximum Gasteiger partial charge on any atom is 0.232 e. The molecular formula is C26H26N2O. The fraction of sp³-hybridized carbons (Fsp3) is 0.269. The van der Waals surface area contributed by atoms with Crippen LogP contribution in [0, 0.1) is 6.92 Å². The van der Waals surface area contributed by atoms with Crippen LogP contribution in [-0.2, 0) is 17.8 Å². The van der Waals surface area contributed by atoms with Crippen molar-refractivity contribution in [2.75, 3.05) is 13.6 Å². The molecule has 5 rings (SSSR count). The molecule has 1 N–H and O–H groups in total. The Morgan fingerprint density at radius 1 is 0.966 bits per heavy atom. The van der Waals surface area contributed by atoms with Crippen LogP contribution in [0.1, 0.15) is 33.7 Å². The van der Waals surface area contributed by atoms with E-state index in [1.807, 2.05) is 24.3 Å². The number of likely N-dealkylation sites (N-methyl/N-ethyl adjacent to an activating group) is 1. The van der Waals surface area contributed by atoms with E-state index in [-0.39, 0.29) is 11.8 Å². The summed E-state index contributed by atoms with van der Waals surface area (Å²) in [6.07, 6.45) is 0.978. The number of nitrogens with zero attached hydrogens (tertiary/aromatic N) is 1. The van der Waals surface area contributed by atoms with E-state index in [1.54, 1.807) is 0 Å². The molecular weight excluding hydrogens is 356 g/mol. The fourth-order valence-electron chi connectivity index (χ4n) is 4.89. The minimum absolute atomic E-state index is 0.103. The number of carbonyl (C=O) groups excluding carboxylic acids is 1. The summed E-state index contributed by atoms with van der Waals surface area (Å²) >= 11 is 0. The summed E-state index contributed by atoms with van der Waals surface area (Å²) in [6.45, 7) is 3.75. The van der Waals surface area contributed by atoms with Gasteiger partial charge in [0, 0.05) is 19.1 Å². The van der Waals surface area contributed by atoms with Crippen molar-refractivity contribution in [2.24, 2.45) is 0 Å². The molecule has 0 saturated heterocycles. The van der Waals surface area contributed by atoms with Crippen molar-refractivity contribution >= 4 is 5.91 Å². The van der Waals surface area contributed by atoms with Gasteiger partial charge in [0.05, 0.1) is 5.92 Å². The second-order valence-corrected chi connectivity index (χ2v) is 8.40. The number of hydrogen-bond acceptors (Lipinski definition) is 2. The third kappa shape index (κ3) is 3.16. The normalized spacial score (nSPS) is 18.1. The minimum Gasteiger partial charge on any atom is -0.354 e. The molecule has 0 fully saturated rings. The Balaban J connectivity index is 1.35. The van der Waals surface area contributed by atoms with Crippen LogP contribution < -0.4 is 5.32 Å². The molecule has 3 aromatic rings. The first-order chi connectivity index (χ1) is 14.1. The molecule has 2 aliphatic rings. The lowest BCUT2D eigenvalue weighted by Gasteiger charge is -2.34. The van der Waals surface area contributed by atoms with Gasteiger partial charge in [-0.15, -0.1) is 0 Å². The second-order valence-electron chi connectivity index (χ2n) is 8.40. The predicted molar refractivity (Wildman–Crippen MR) is 117 cm³/mol. The number of amides is 1. The summed E-state index contributed by atoms with van der Waals surface area (Å²) in [5.41, 5.74) is 8.71. The molecule has 1 aliphatic carbocycles. The number of nitrogens with one attached hydrogen (secondary N) is 1. The number of hydrogen-bond donors (Lipinski definition) is 1. The summed E-state index contributed by atoms with van der Waals surface area (Å²) in [5, 5.41) is 3.27. The quantitative estimate of drug-likeness (QED) is 0.733. The van der Waals surface area contributed by atoms with Crippen LogP contribution in [0.4, 0.5) is 0 Å². The van der Waals surface area contributed by atoms with Crippen molar-refractivity contribution in [1.29, 1.82) is 0 Å². The molecule has 0 bridgehead atoms. The lowest BCUT2D eigenvalue weighted by atomic mass is 9.92. The Labute approximate surface area is 172 Å². The van der Waals surface area contributed by atoms with Crippen molar-refractivity contribution < 1.29 is 4.79 Å². The van der Waals surface area contributed by atoms with Gasteiger partial charge in [-0.3, -0.25) is 9.69 Å². The number of fused-ring (bicyclic) bond motifs is 4. The van der Waals surface area contributed by atoms with E-state index < -0.39 is 0 Å². The highest BCUT2D eigenvalue weighted by Gasteiger charge is 2.34. The molecule has 0 saturated carbocycles. The van der Waals surface area contributed by atoms with Crippen LogP contribution in [0.5, 0.6) is 0 Å². The zero-order valence-electron chi connectivity index (χ0n) is 17.0. The first-order valence-electron chi connectivity index (χ1n) is 10.4. The van der Waals surface area contributed by atoms with Crippen LogP contribution in [-0.4, -0.2) is 30.4 Å². The van der Waals surface area contributed by atoms with Crippen LogP contribution >= 0.6 is 0 Å². The van der Waals surface area contributed by atoms with Crippen LogP contribution in [0.15, 0.2) is 66.7 Å². The fourth-order valence-corrected chi connectivity index (χ4v) is 4.89. The Morgan fingerprint density at radius 2 is 1.62 bits per heavy atom. The third-order valence-electron chi connectivity index (χ3n) is 6.47. The highest BCUT2D eigenvalue weighted by molar-refractivity contribution is 5.96. The van der Waals surface area contributed by atoms with Gasteiger partial charge in [-0.2, -0.15) is 0 Å². The topological polar surface area (TPSA) is 32.3 Å². The van der Waals surface area contributed by atoms with Gasteiger partial charge in [0.2, 0.25) is 5.91 Å². The summed E-state index contributed by atoms with van der Waals surface area (Å²) in [6, 6.07) is 23.6. The summed E-state index contributed by atoms with van der Waals surface area (Å²) in [7, 11) is 2.15. The molecule has 3 aromatic carbocycles. The Hall–Kier alpha value is -2.91. The molecule has 1 amide bonds. The number of aryl methyl sites for hydroxylation is 1. The van der Waals surface area contributed by atoms with Gasteiger partial charge < -0.3 is 5.32 Å². The maximum absolute atomic E-state index is 13.3. The Bertz CT molecular complexity index is 1040. The van der Waals surface area contributed by atoms with Crippen LogP contribution in [0.3, 0.4) is 0 Å². The molecule has 1 aliphatic heterocycles. The van der Waals surface area contributed by atoms with Gasteiger partial charge in [0.15, 0.2) is 0 Å². The summed E-state index contributed by atoms with van der Waals surface area (Å²) < 4.78 is 0. The minimum atomic E-state index is -0.217. The summed E-state index contributed by atoms with van der Waals surface area (Å²) in [4.78, 5) is 15.6. The molecule has 146 valence electrons. The Kier molecular flexibility index (Phi) is 4.48. The second kappa shape index (κ2) is 7.16. The van der Waals surface area contributed by atoms with Crippen molar-refractivity contribution in [3.05, 3.63) is 94.5 Å². The molecule has 1 atom stereocenters. The first kappa shape index (κ1) is 18.1. The van der Waals surface area contributed by atoms with E-state index in [9.17, 15) is 4.79 Å². The van der Waals surface area contributed by atoms with E-state index in [0.29, 0.717) is 12.6 Å². The van der Waals surface area contributed by atoms with Gasteiger partial charge in [-0.25, -0.2) is 0 Å². The lowest BCUT2D eigenvalue weighted by Crippen LogP contribution is -2.46. The molecule has 29 heavy (non-hydrogen) atoms. The zero-order chi connectivity index (χ0) is 20.0. The first-order valence-corrected chi connectivity index (χ1v) is 10.4. The average molecular weight is 383 g/mol. The van der Waals surface area contributed by atoms with Crippen LogP contribution in [0.25, 0.3) is 11.1 Å². The third-order valence-corrected chi connectivity index (χ3v) is 6.47. The van der Waals surface area contributed by atoms with Gasteiger partial charge in [0.25, 0.3) is 0 Å². The predicted octanol–water partition coefficient (Wildman–Crippen LogP) is 4.28. The van der Waals surface area contributed by atoms with Gasteiger partial charge in [-0.1, -0.05) is 72.3 Å². The van der Waals surface area contributed by atoms with Crippen molar-refractivity contribution in [3.63, 3.8) is 0 Å². The Morgan fingerprint density at radius 3 is 2.31 bits per heavy atom. The molecule has 3 nitrogen and oxygen atoms in total. The highest BCUT2D eigenvalue weighted by atomic mass is 16.1. The van der Waals surface area contributed by atoms with Gasteiger partial charge in [0.1, 0.15) is 0 Å². The highest BCUT2D eigenvalue weighted by Crippen LogP contribution is 2.44. The molecule has 0 spiro atoms. The molecule has 0 radical (unpaired) electrons. The van der Waals surface area contributed by atoms with E-state index in [2.05, 4.69) is 66.7 Å². The number of benzene rings is 3.